The van der Waals surface area contributed by atoms with E-state index in [1.54, 1.807) is 12.1 Å². The van der Waals surface area contributed by atoms with Crippen LogP contribution in [-0.2, 0) is 6.54 Å². The largest absolute Gasteiger partial charge is 0.492 e. The van der Waals surface area contributed by atoms with Crippen LogP contribution >= 0.6 is 0 Å². The predicted molar refractivity (Wildman–Crippen MR) is 86.0 cm³/mol. The molecule has 0 bridgehead atoms. The average Bonchev–Trinajstić information content (AvgIpc) is 3.06. The van der Waals surface area contributed by atoms with E-state index < -0.39 is 0 Å². The third-order valence-corrected chi connectivity index (χ3v) is 4.29. The zero-order valence-corrected chi connectivity index (χ0v) is 13.7. The summed E-state index contributed by atoms with van der Waals surface area (Å²) < 4.78 is 20.8. The van der Waals surface area contributed by atoms with Crippen molar-refractivity contribution in [2.75, 3.05) is 19.7 Å². The SMILES string of the molecule is Cc1nc(C)n(C[C@H]2CCCN2CCOc2cccc(F)c2)n1. The van der Waals surface area contributed by atoms with Gasteiger partial charge in [-0.05, 0) is 45.4 Å². The lowest BCUT2D eigenvalue weighted by atomic mass is 10.2. The Morgan fingerprint density at radius 2 is 2.22 bits per heavy atom. The van der Waals surface area contributed by atoms with Gasteiger partial charge in [-0.3, -0.25) is 4.90 Å². The first kappa shape index (κ1) is 15.9. The first-order valence-electron chi connectivity index (χ1n) is 8.12. The minimum absolute atomic E-state index is 0.265. The van der Waals surface area contributed by atoms with Gasteiger partial charge in [0.15, 0.2) is 0 Å². The molecule has 0 unspecified atom stereocenters. The molecule has 124 valence electrons. The summed E-state index contributed by atoms with van der Waals surface area (Å²) >= 11 is 0. The molecule has 6 heteroatoms. The molecular weight excluding hydrogens is 295 g/mol. The highest BCUT2D eigenvalue weighted by Gasteiger charge is 2.25. The predicted octanol–water partition coefficient (Wildman–Crippen LogP) is 2.58. The molecule has 1 atom stereocenters. The lowest BCUT2D eigenvalue weighted by Gasteiger charge is -2.24. The summed E-state index contributed by atoms with van der Waals surface area (Å²) in [6.07, 6.45) is 2.36. The number of aromatic nitrogens is 3. The van der Waals surface area contributed by atoms with Crippen LogP contribution in [-0.4, -0.2) is 45.4 Å². The number of nitrogens with zero attached hydrogens (tertiary/aromatic N) is 4. The smallest absolute Gasteiger partial charge is 0.147 e. The monoisotopic (exact) mass is 318 g/mol. The van der Waals surface area contributed by atoms with Crippen LogP contribution in [0.15, 0.2) is 24.3 Å². The van der Waals surface area contributed by atoms with E-state index in [4.69, 9.17) is 4.74 Å². The second-order valence-electron chi connectivity index (χ2n) is 6.03. The highest BCUT2D eigenvalue weighted by Crippen LogP contribution is 2.19. The zero-order valence-electron chi connectivity index (χ0n) is 13.7. The fraction of sp³-hybridized carbons (Fsp3) is 0.529. The zero-order chi connectivity index (χ0) is 16.2. The maximum Gasteiger partial charge on any atom is 0.147 e. The maximum absolute atomic E-state index is 13.1. The molecule has 3 rings (SSSR count). The summed E-state index contributed by atoms with van der Waals surface area (Å²) in [4.78, 5) is 6.79. The molecule has 1 aromatic carbocycles. The van der Waals surface area contributed by atoms with Gasteiger partial charge in [-0.25, -0.2) is 14.1 Å². The normalized spacial score (nSPS) is 18.5. The van der Waals surface area contributed by atoms with Crippen molar-refractivity contribution in [2.24, 2.45) is 0 Å². The molecule has 0 spiro atoms. The van der Waals surface area contributed by atoms with E-state index >= 15 is 0 Å². The van der Waals surface area contributed by atoms with E-state index in [2.05, 4.69) is 15.0 Å². The number of likely N-dealkylation sites (tertiary alicyclic amines) is 1. The van der Waals surface area contributed by atoms with Gasteiger partial charge in [0.05, 0.1) is 6.54 Å². The van der Waals surface area contributed by atoms with Gasteiger partial charge in [0.2, 0.25) is 0 Å². The van der Waals surface area contributed by atoms with Crippen LogP contribution in [0.25, 0.3) is 0 Å². The van der Waals surface area contributed by atoms with E-state index in [1.165, 1.54) is 18.6 Å². The molecule has 0 radical (unpaired) electrons. The summed E-state index contributed by atoms with van der Waals surface area (Å²) in [6.45, 7) is 7.26. The van der Waals surface area contributed by atoms with Crippen molar-refractivity contribution >= 4 is 0 Å². The molecule has 1 aliphatic heterocycles. The minimum atomic E-state index is -0.265. The highest BCUT2D eigenvalue weighted by atomic mass is 19.1. The van der Waals surface area contributed by atoms with Crippen LogP contribution in [0, 0.1) is 19.7 Å². The van der Waals surface area contributed by atoms with Gasteiger partial charge in [-0.1, -0.05) is 6.07 Å². The van der Waals surface area contributed by atoms with Crippen LogP contribution in [0.2, 0.25) is 0 Å². The van der Waals surface area contributed by atoms with Crippen LogP contribution < -0.4 is 4.74 Å². The molecule has 23 heavy (non-hydrogen) atoms. The van der Waals surface area contributed by atoms with Gasteiger partial charge in [0.25, 0.3) is 0 Å². The van der Waals surface area contributed by atoms with Gasteiger partial charge in [-0.2, -0.15) is 5.10 Å². The van der Waals surface area contributed by atoms with Crippen LogP contribution in [0.5, 0.6) is 5.75 Å². The lowest BCUT2D eigenvalue weighted by Crippen LogP contribution is -2.36. The summed E-state index contributed by atoms with van der Waals surface area (Å²) in [5.41, 5.74) is 0. The van der Waals surface area contributed by atoms with E-state index in [0.29, 0.717) is 18.4 Å². The Labute approximate surface area is 136 Å². The van der Waals surface area contributed by atoms with Crippen molar-refractivity contribution in [3.05, 3.63) is 41.7 Å². The van der Waals surface area contributed by atoms with Crippen molar-refractivity contribution < 1.29 is 9.13 Å². The summed E-state index contributed by atoms with van der Waals surface area (Å²) in [5.74, 6) is 2.11. The van der Waals surface area contributed by atoms with Crippen molar-refractivity contribution in [3.63, 3.8) is 0 Å². The number of benzene rings is 1. The molecule has 2 aromatic rings. The van der Waals surface area contributed by atoms with Crippen molar-refractivity contribution in [1.29, 1.82) is 0 Å². The fourth-order valence-electron chi connectivity index (χ4n) is 3.17. The van der Waals surface area contributed by atoms with Gasteiger partial charge < -0.3 is 4.74 Å². The number of aryl methyl sites for hydroxylation is 2. The molecule has 5 nitrogen and oxygen atoms in total. The first-order chi connectivity index (χ1) is 11.1. The maximum atomic E-state index is 13.1. The van der Waals surface area contributed by atoms with Gasteiger partial charge in [-0.15, -0.1) is 0 Å². The standard InChI is InChI=1S/C17H23FN4O/c1-13-19-14(2)22(20-13)12-16-6-4-8-21(16)9-10-23-17-7-3-5-15(18)11-17/h3,5,7,11,16H,4,6,8-10,12H2,1-2H3/t16-/m1/s1. The van der Waals surface area contributed by atoms with Crippen molar-refractivity contribution in [2.45, 2.75) is 39.3 Å². The van der Waals surface area contributed by atoms with Gasteiger partial charge in [0, 0.05) is 18.7 Å². The quantitative estimate of drug-likeness (QED) is 0.821. The first-order valence-corrected chi connectivity index (χ1v) is 8.12. The van der Waals surface area contributed by atoms with Gasteiger partial charge in [0.1, 0.15) is 29.8 Å². The minimum Gasteiger partial charge on any atom is -0.492 e. The van der Waals surface area contributed by atoms with Crippen molar-refractivity contribution in [3.8, 4) is 5.75 Å². The number of halogens is 1. The van der Waals surface area contributed by atoms with E-state index in [-0.39, 0.29) is 5.82 Å². The number of ether oxygens (including phenoxy) is 1. The Hall–Kier alpha value is -1.95. The molecule has 1 saturated heterocycles. The lowest BCUT2D eigenvalue weighted by molar-refractivity contribution is 0.181. The highest BCUT2D eigenvalue weighted by molar-refractivity contribution is 5.22. The molecule has 0 saturated carbocycles. The van der Waals surface area contributed by atoms with E-state index in [0.717, 1.165) is 37.7 Å². The fourth-order valence-corrected chi connectivity index (χ4v) is 3.17. The van der Waals surface area contributed by atoms with Crippen LogP contribution in [0.3, 0.4) is 0 Å². The molecule has 1 aromatic heterocycles. The molecule has 1 aliphatic rings. The Morgan fingerprint density at radius 1 is 1.35 bits per heavy atom. The number of hydrogen-bond donors (Lipinski definition) is 0. The summed E-state index contributed by atoms with van der Waals surface area (Å²) in [7, 11) is 0. The molecule has 1 fully saturated rings. The second-order valence-corrected chi connectivity index (χ2v) is 6.03. The van der Waals surface area contributed by atoms with Gasteiger partial charge >= 0.3 is 0 Å². The number of rotatable bonds is 6. The van der Waals surface area contributed by atoms with Crippen molar-refractivity contribution in [1.82, 2.24) is 19.7 Å². The number of hydrogen-bond acceptors (Lipinski definition) is 4. The Bertz CT molecular complexity index is 658. The molecule has 2 heterocycles. The Balaban J connectivity index is 1.52. The van der Waals surface area contributed by atoms with E-state index in [9.17, 15) is 4.39 Å². The van der Waals surface area contributed by atoms with Crippen LogP contribution in [0.1, 0.15) is 24.5 Å². The second kappa shape index (κ2) is 7.08. The molecule has 0 amide bonds. The topological polar surface area (TPSA) is 43.2 Å². The summed E-state index contributed by atoms with van der Waals surface area (Å²) in [5, 5.41) is 4.45. The van der Waals surface area contributed by atoms with E-state index in [1.807, 2.05) is 18.5 Å². The Kier molecular flexibility index (Phi) is 4.91. The Morgan fingerprint density at radius 3 is 2.96 bits per heavy atom. The summed E-state index contributed by atoms with van der Waals surface area (Å²) in [6, 6.07) is 6.76. The average molecular weight is 318 g/mol. The molecular formula is C17H23FN4O. The van der Waals surface area contributed by atoms with Crippen LogP contribution in [0.4, 0.5) is 4.39 Å². The third kappa shape index (κ3) is 4.07. The molecule has 0 aliphatic carbocycles. The molecule has 0 N–H and O–H groups in total. The third-order valence-electron chi connectivity index (χ3n) is 4.29.